The smallest absolute Gasteiger partial charge is 0.0353 e. The van der Waals surface area contributed by atoms with Crippen molar-refractivity contribution in [2.75, 3.05) is 25.9 Å². The van der Waals surface area contributed by atoms with Crippen molar-refractivity contribution in [1.82, 2.24) is 14.9 Å². The van der Waals surface area contributed by atoms with Gasteiger partial charge in [-0.15, -0.1) is 0 Å². The number of hydrogen-bond donors (Lipinski definition) is 2. The van der Waals surface area contributed by atoms with E-state index >= 15 is 0 Å². The topological polar surface area (TPSA) is 27.3 Å². The molecule has 0 aromatic carbocycles. The molecule has 0 unspecified atom stereocenters. The van der Waals surface area contributed by atoms with Crippen molar-refractivity contribution in [3.05, 3.63) is 0 Å². The molecule has 1 heterocycles. The summed E-state index contributed by atoms with van der Waals surface area (Å²) >= 11 is 1.73. The standard InChI is InChI=1S/C14H27N3S/c1-13(2,16-18-3)8-17-9-14(10-17)6-12(7-14)15-11-4-5-11/h11-12,15-16H,4-10H2,1-3H3. The molecule has 18 heavy (non-hydrogen) atoms. The molecule has 104 valence electrons. The third kappa shape index (κ3) is 2.87. The van der Waals surface area contributed by atoms with Crippen molar-refractivity contribution in [1.29, 1.82) is 0 Å². The highest BCUT2D eigenvalue weighted by atomic mass is 32.2. The van der Waals surface area contributed by atoms with Crippen LogP contribution in [0.5, 0.6) is 0 Å². The Morgan fingerprint density at radius 3 is 2.44 bits per heavy atom. The van der Waals surface area contributed by atoms with E-state index < -0.39 is 0 Å². The first kappa shape index (κ1) is 13.2. The van der Waals surface area contributed by atoms with E-state index in [0.717, 1.165) is 12.1 Å². The van der Waals surface area contributed by atoms with E-state index in [1.165, 1.54) is 45.3 Å². The van der Waals surface area contributed by atoms with Crippen molar-refractivity contribution in [3.8, 4) is 0 Å². The van der Waals surface area contributed by atoms with Crippen LogP contribution in [0.2, 0.25) is 0 Å². The van der Waals surface area contributed by atoms with Crippen LogP contribution in [0.25, 0.3) is 0 Å². The fourth-order valence-corrected chi connectivity index (χ4v) is 4.44. The van der Waals surface area contributed by atoms with Gasteiger partial charge in [0.05, 0.1) is 0 Å². The Kier molecular flexibility index (Phi) is 3.42. The van der Waals surface area contributed by atoms with Gasteiger partial charge < -0.3 is 10.2 Å². The molecule has 3 nitrogen and oxygen atoms in total. The van der Waals surface area contributed by atoms with Crippen LogP contribution in [0.1, 0.15) is 39.5 Å². The van der Waals surface area contributed by atoms with Crippen LogP contribution in [0, 0.1) is 5.41 Å². The molecule has 0 amide bonds. The quantitative estimate of drug-likeness (QED) is 0.720. The molecular weight excluding hydrogens is 242 g/mol. The molecule has 3 aliphatic rings. The Morgan fingerprint density at radius 2 is 1.89 bits per heavy atom. The summed E-state index contributed by atoms with van der Waals surface area (Å²) in [5.74, 6) is 0. The summed E-state index contributed by atoms with van der Waals surface area (Å²) in [5.41, 5.74) is 0.929. The van der Waals surface area contributed by atoms with Crippen molar-refractivity contribution < 1.29 is 0 Å². The van der Waals surface area contributed by atoms with Crippen molar-refractivity contribution in [2.24, 2.45) is 5.41 Å². The summed E-state index contributed by atoms with van der Waals surface area (Å²) in [7, 11) is 0. The van der Waals surface area contributed by atoms with E-state index in [2.05, 4.69) is 35.0 Å². The molecular formula is C14H27N3S. The lowest BCUT2D eigenvalue weighted by molar-refractivity contribution is -0.0855. The van der Waals surface area contributed by atoms with E-state index in [0.29, 0.717) is 5.41 Å². The van der Waals surface area contributed by atoms with E-state index in [1.807, 2.05) is 0 Å². The highest BCUT2D eigenvalue weighted by molar-refractivity contribution is 7.96. The molecule has 1 spiro atoms. The summed E-state index contributed by atoms with van der Waals surface area (Å²) in [6.45, 7) is 8.43. The lowest BCUT2D eigenvalue weighted by atomic mass is 9.60. The van der Waals surface area contributed by atoms with Gasteiger partial charge >= 0.3 is 0 Å². The second-order valence-corrected chi connectivity index (χ2v) is 7.99. The lowest BCUT2D eigenvalue weighted by Crippen LogP contribution is -2.68. The zero-order chi connectivity index (χ0) is 12.8. The van der Waals surface area contributed by atoms with E-state index in [-0.39, 0.29) is 5.54 Å². The first-order valence-corrected chi connectivity index (χ1v) is 8.51. The molecule has 0 aromatic heterocycles. The summed E-state index contributed by atoms with van der Waals surface area (Å²) < 4.78 is 3.49. The molecule has 0 aromatic rings. The lowest BCUT2D eigenvalue weighted by Gasteiger charge is -2.60. The van der Waals surface area contributed by atoms with Gasteiger partial charge in [-0.1, -0.05) is 11.9 Å². The Bertz CT molecular complexity index is 300. The predicted octanol–water partition coefficient (Wildman–Crippen LogP) is 1.85. The van der Waals surface area contributed by atoms with E-state index in [9.17, 15) is 0 Å². The monoisotopic (exact) mass is 269 g/mol. The Labute approximate surface area is 116 Å². The molecule has 2 aliphatic carbocycles. The van der Waals surface area contributed by atoms with Crippen LogP contribution in [0.4, 0.5) is 0 Å². The van der Waals surface area contributed by atoms with Crippen LogP contribution >= 0.6 is 11.9 Å². The third-order valence-electron chi connectivity index (χ3n) is 4.52. The zero-order valence-electron chi connectivity index (χ0n) is 12.0. The fraction of sp³-hybridized carbons (Fsp3) is 1.00. The second-order valence-electron chi connectivity index (χ2n) is 7.38. The highest BCUT2D eigenvalue weighted by Crippen LogP contribution is 2.49. The van der Waals surface area contributed by atoms with Crippen LogP contribution < -0.4 is 10.0 Å². The Hall–Kier alpha value is 0.230. The van der Waals surface area contributed by atoms with Crippen molar-refractivity contribution in [3.63, 3.8) is 0 Å². The molecule has 0 bridgehead atoms. The van der Waals surface area contributed by atoms with E-state index in [4.69, 9.17) is 0 Å². The van der Waals surface area contributed by atoms with Gasteiger partial charge in [0.15, 0.2) is 0 Å². The van der Waals surface area contributed by atoms with Gasteiger partial charge in [-0.05, 0) is 51.2 Å². The molecule has 0 atom stereocenters. The molecule has 1 saturated heterocycles. The normalized spacial score (nSPS) is 28.2. The van der Waals surface area contributed by atoms with Gasteiger partial charge in [-0.3, -0.25) is 4.72 Å². The number of nitrogens with zero attached hydrogens (tertiary/aromatic N) is 1. The van der Waals surface area contributed by atoms with Crippen molar-refractivity contribution >= 4 is 11.9 Å². The summed E-state index contributed by atoms with van der Waals surface area (Å²) in [6, 6.07) is 1.73. The minimum Gasteiger partial charge on any atom is -0.311 e. The second kappa shape index (κ2) is 4.65. The number of likely N-dealkylation sites (tertiary alicyclic amines) is 1. The van der Waals surface area contributed by atoms with Crippen LogP contribution in [0.3, 0.4) is 0 Å². The summed E-state index contributed by atoms with van der Waals surface area (Å²) in [5, 5.41) is 3.76. The van der Waals surface area contributed by atoms with Crippen LogP contribution in [-0.4, -0.2) is 48.4 Å². The van der Waals surface area contributed by atoms with Gasteiger partial charge in [0.2, 0.25) is 0 Å². The molecule has 4 heteroatoms. The fourth-order valence-electron chi connectivity index (χ4n) is 3.83. The van der Waals surface area contributed by atoms with Crippen molar-refractivity contribution in [2.45, 2.75) is 57.2 Å². The minimum atomic E-state index is 0.233. The molecule has 0 radical (unpaired) electrons. The van der Waals surface area contributed by atoms with E-state index in [1.54, 1.807) is 11.9 Å². The SMILES string of the molecule is CSNC(C)(C)CN1CC2(CC(NC3CC3)C2)C1. The first-order chi connectivity index (χ1) is 8.50. The molecule has 2 saturated carbocycles. The average molecular weight is 269 g/mol. The van der Waals surface area contributed by atoms with Gasteiger partial charge in [-0.2, -0.15) is 0 Å². The highest BCUT2D eigenvalue weighted by Gasteiger charge is 2.53. The van der Waals surface area contributed by atoms with Gasteiger partial charge in [-0.25, -0.2) is 0 Å². The molecule has 3 fully saturated rings. The minimum absolute atomic E-state index is 0.233. The van der Waals surface area contributed by atoms with Gasteiger partial charge in [0.25, 0.3) is 0 Å². The zero-order valence-corrected chi connectivity index (χ0v) is 12.8. The third-order valence-corrected chi connectivity index (χ3v) is 5.28. The summed E-state index contributed by atoms with van der Waals surface area (Å²) in [4.78, 5) is 2.62. The Morgan fingerprint density at radius 1 is 1.22 bits per heavy atom. The molecule has 3 rings (SSSR count). The largest absolute Gasteiger partial charge is 0.311 e. The van der Waals surface area contributed by atoms with Gasteiger partial charge in [0, 0.05) is 37.3 Å². The number of hydrogen-bond acceptors (Lipinski definition) is 4. The number of rotatable bonds is 6. The average Bonchev–Trinajstić information content (AvgIpc) is 2.94. The number of nitrogens with one attached hydrogen (secondary N) is 2. The molecule has 1 aliphatic heterocycles. The summed E-state index contributed by atoms with van der Waals surface area (Å²) in [6.07, 6.45) is 7.81. The Balaban J connectivity index is 1.36. The predicted molar refractivity (Wildman–Crippen MR) is 78.8 cm³/mol. The first-order valence-electron chi connectivity index (χ1n) is 7.29. The molecule has 2 N–H and O–H groups in total. The van der Waals surface area contributed by atoms with Crippen LogP contribution in [0.15, 0.2) is 0 Å². The van der Waals surface area contributed by atoms with Gasteiger partial charge in [0.1, 0.15) is 0 Å². The maximum Gasteiger partial charge on any atom is 0.0353 e. The maximum absolute atomic E-state index is 3.76. The van der Waals surface area contributed by atoms with Crippen LogP contribution in [-0.2, 0) is 0 Å². The maximum atomic E-state index is 3.76.